The Bertz CT molecular complexity index is 570. The number of fused-ring (bicyclic) bond motifs is 1. The maximum atomic E-state index is 12.0. The van der Waals surface area contributed by atoms with Crippen LogP contribution in [0.3, 0.4) is 0 Å². The third kappa shape index (κ3) is 2.45. The number of β-lactam (4-membered cyclic amide) rings is 1. The number of benzene rings is 1. The predicted octanol–water partition coefficient (Wildman–Crippen LogP) is 1.53. The first-order valence-electron chi connectivity index (χ1n) is 6.59. The third-order valence-corrected chi connectivity index (χ3v) is 4.91. The van der Waals surface area contributed by atoms with Gasteiger partial charge in [0.2, 0.25) is 5.91 Å². The van der Waals surface area contributed by atoms with E-state index in [9.17, 15) is 9.59 Å². The van der Waals surface area contributed by atoms with E-state index in [4.69, 9.17) is 0 Å². The lowest BCUT2D eigenvalue weighted by atomic mass is 10.1. The van der Waals surface area contributed by atoms with Crippen molar-refractivity contribution in [2.75, 3.05) is 5.75 Å². The summed E-state index contributed by atoms with van der Waals surface area (Å²) in [6, 6.07) is 9.18. The van der Waals surface area contributed by atoms with Crippen molar-refractivity contribution in [3.63, 3.8) is 0 Å². The van der Waals surface area contributed by atoms with E-state index in [0.29, 0.717) is 6.42 Å². The third-order valence-electron chi connectivity index (χ3n) is 3.45. The molecule has 0 radical (unpaired) electrons. The van der Waals surface area contributed by atoms with E-state index >= 15 is 0 Å². The fourth-order valence-electron chi connectivity index (χ4n) is 2.43. The number of carbonyl (C=O) groups is 2. The van der Waals surface area contributed by atoms with Gasteiger partial charge in [-0.05, 0) is 18.1 Å². The van der Waals surface area contributed by atoms with Crippen LogP contribution in [0.5, 0.6) is 0 Å². The Morgan fingerprint density at radius 1 is 1.40 bits per heavy atom. The van der Waals surface area contributed by atoms with Gasteiger partial charge in [-0.3, -0.25) is 9.59 Å². The molecule has 2 atom stereocenters. The molecule has 1 aromatic carbocycles. The zero-order valence-corrected chi connectivity index (χ0v) is 12.0. The first-order chi connectivity index (χ1) is 9.65. The topological polar surface area (TPSA) is 49.4 Å². The van der Waals surface area contributed by atoms with Gasteiger partial charge in [-0.15, -0.1) is 11.8 Å². The molecule has 1 saturated heterocycles. The Labute approximate surface area is 122 Å². The number of nitrogens with one attached hydrogen (secondary N) is 1. The molecule has 0 bridgehead atoms. The minimum absolute atomic E-state index is 0.0111. The highest BCUT2D eigenvalue weighted by Gasteiger charge is 2.48. The molecule has 0 aromatic heterocycles. The molecule has 2 heterocycles. The van der Waals surface area contributed by atoms with Gasteiger partial charge in [0.05, 0.1) is 6.42 Å². The summed E-state index contributed by atoms with van der Waals surface area (Å²) < 4.78 is 0. The normalized spacial score (nSPS) is 24.6. The Morgan fingerprint density at radius 2 is 2.15 bits per heavy atom. The van der Waals surface area contributed by atoms with Crippen molar-refractivity contribution in [3.8, 4) is 0 Å². The van der Waals surface area contributed by atoms with E-state index in [1.807, 2.05) is 43.5 Å². The van der Waals surface area contributed by atoms with Crippen LogP contribution in [0.4, 0.5) is 0 Å². The van der Waals surface area contributed by atoms with E-state index in [2.05, 4.69) is 5.32 Å². The van der Waals surface area contributed by atoms with Crippen molar-refractivity contribution in [1.29, 1.82) is 0 Å². The van der Waals surface area contributed by atoms with Crippen molar-refractivity contribution in [2.45, 2.75) is 24.8 Å². The molecule has 1 N–H and O–H groups in total. The summed E-state index contributed by atoms with van der Waals surface area (Å²) in [6.07, 6.45) is 2.21. The van der Waals surface area contributed by atoms with Gasteiger partial charge in [0, 0.05) is 12.0 Å². The summed E-state index contributed by atoms with van der Waals surface area (Å²) in [4.78, 5) is 25.7. The van der Waals surface area contributed by atoms with Gasteiger partial charge < -0.3 is 10.2 Å². The van der Waals surface area contributed by atoms with Crippen LogP contribution >= 0.6 is 11.8 Å². The van der Waals surface area contributed by atoms with Gasteiger partial charge in [-0.25, -0.2) is 0 Å². The van der Waals surface area contributed by atoms with Crippen LogP contribution in [0.1, 0.15) is 12.5 Å². The lowest BCUT2D eigenvalue weighted by Crippen LogP contribution is -2.68. The Kier molecular flexibility index (Phi) is 3.53. The van der Waals surface area contributed by atoms with Gasteiger partial charge in [-0.2, -0.15) is 0 Å². The van der Waals surface area contributed by atoms with Crippen molar-refractivity contribution in [3.05, 3.63) is 47.7 Å². The quantitative estimate of drug-likeness (QED) is 0.858. The molecule has 1 aromatic rings. The first-order valence-corrected chi connectivity index (χ1v) is 7.64. The number of hydrogen-bond acceptors (Lipinski definition) is 3. The van der Waals surface area contributed by atoms with Crippen molar-refractivity contribution < 1.29 is 9.59 Å². The molecule has 0 aliphatic carbocycles. The van der Waals surface area contributed by atoms with Gasteiger partial charge in [-0.1, -0.05) is 30.3 Å². The number of nitrogens with zero attached hydrogens (tertiary/aromatic N) is 1. The average Bonchev–Trinajstić information content (AvgIpc) is 2.46. The second-order valence-corrected chi connectivity index (χ2v) is 6.24. The van der Waals surface area contributed by atoms with Gasteiger partial charge >= 0.3 is 0 Å². The summed E-state index contributed by atoms with van der Waals surface area (Å²) in [7, 11) is 0. The van der Waals surface area contributed by atoms with Crippen molar-refractivity contribution in [1.82, 2.24) is 10.2 Å². The van der Waals surface area contributed by atoms with E-state index in [-0.39, 0.29) is 23.2 Å². The minimum Gasteiger partial charge on any atom is -0.341 e. The summed E-state index contributed by atoms with van der Waals surface area (Å²) in [5, 5.41) is 2.91. The lowest BCUT2D eigenvalue weighted by Gasteiger charge is -2.47. The second kappa shape index (κ2) is 5.32. The average molecular weight is 288 g/mol. The molecule has 2 aliphatic heterocycles. The first kappa shape index (κ1) is 13.2. The molecule has 3 rings (SSSR count). The van der Waals surface area contributed by atoms with Crippen LogP contribution in [0.2, 0.25) is 0 Å². The Hall–Kier alpha value is -1.75. The molecule has 0 spiro atoms. The summed E-state index contributed by atoms with van der Waals surface area (Å²) in [5.74, 6) is 0.809. The Morgan fingerprint density at radius 3 is 2.90 bits per heavy atom. The fourth-order valence-corrected chi connectivity index (χ4v) is 3.64. The molecule has 5 heteroatoms. The zero-order valence-electron chi connectivity index (χ0n) is 11.2. The minimum atomic E-state index is -0.374. The fraction of sp³-hybridized carbons (Fsp3) is 0.333. The second-order valence-electron chi connectivity index (χ2n) is 5.13. The van der Waals surface area contributed by atoms with Gasteiger partial charge in [0.25, 0.3) is 5.91 Å². The summed E-state index contributed by atoms with van der Waals surface area (Å²) in [6.45, 7) is 2.01. The largest absolute Gasteiger partial charge is 0.341 e. The summed E-state index contributed by atoms with van der Waals surface area (Å²) >= 11 is 1.70. The maximum absolute atomic E-state index is 12.0. The molecule has 1 fully saturated rings. The van der Waals surface area contributed by atoms with Gasteiger partial charge in [0.1, 0.15) is 11.4 Å². The molecule has 104 valence electrons. The van der Waals surface area contributed by atoms with E-state index in [0.717, 1.165) is 11.3 Å². The zero-order chi connectivity index (χ0) is 14.1. The molecule has 1 unspecified atom stereocenters. The molecule has 4 nitrogen and oxygen atoms in total. The number of hydrogen-bond donors (Lipinski definition) is 1. The standard InChI is InChI=1S/C15H16N2O2S/c1-10-8-17-14(19)13(15(17)20-9-10)16-12(18)7-11-5-3-2-4-6-11/h2-6,8,13,15H,7,9H2,1H3,(H,16,18)/t13?,15-/m1/s1. The van der Waals surface area contributed by atoms with E-state index in [1.54, 1.807) is 16.7 Å². The highest BCUT2D eigenvalue weighted by atomic mass is 32.2. The van der Waals surface area contributed by atoms with Crippen LogP contribution in [0.25, 0.3) is 0 Å². The highest BCUT2D eigenvalue weighted by molar-refractivity contribution is 8.00. The molecule has 2 amide bonds. The van der Waals surface area contributed by atoms with Crippen molar-refractivity contribution in [2.24, 2.45) is 0 Å². The lowest BCUT2D eigenvalue weighted by molar-refractivity contribution is -0.144. The van der Waals surface area contributed by atoms with Crippen LogP contribution in [0.15, 0.2) is 42.1 Å². The van der Waals surface area contributed by atoms with Crippen LogP contribution in [-0.4, -0.2) is 33.9 Å². The van der Waals surface area contributed by atoms with E-state index < -0.39 is 0 Å². The van der Waals surface area contributed by atoms with Crippen LogP contribution < -0.4 is 5.32 Å². The molecular formula is C15H16N2O2S. The predicted molar refractivity (Wildman–Crippen MR) is 78.9 cm³/mol. The molecule has 2 aliphatic rings. The van der Waals surface area contributed by atoms with Crippen molar-refractivity contribution >= 4 is 23.6 Å². The number of rotatable bonds is 3. The number of carbonyl (C=O) groups excluding carboxylic acids is 2. The Balaban J connectivity index is 1.59. The number of thioether (sulfide) groups is 1. The molecule has 0 saturated carbocycles. The molecular weight excluding hydrogens is 272 g/mol. The molecule has 20 heavy (non-hydrogen) atoms. The number of amides is 2. The van der Waals surface area contributed by atoms with Gasteiger partial charge in [0.15, 0.2) is 0 Å². The van der Waals surface area contributed by atoms with Crippen LogP contribution in [0, 0.1) is 0 Å². The SMILES string of the molecule is CC1=CN2C(=O)C(NC(=O)Cc3ccccc3)[C@H]2SC1. The maximum Gasteiger partial charge on any atom is 0.253 e. The summed E-state index contributed by atoms with van der Waals surface area (Å²) in [5.41, 5.74) is 2.15. The highest BCUT2D eigenvalue weighted by Crippen LogP contribution is 2.35. The van der Waals surface area contributed by atoms with E-state index in [1.165, 1.54) is 5.57 Å². The van der Waals surface area contributed by atoms with Crippen LogP contribution in [-0.2, 0) is 16.0 Å². The smallest absolute Gasteiger partial charge is 0.253 e. The monoisotopic (exact) mass is 288 g/mol.